The largest absolute Gasteiger partial charge is 0.328 e. The molecule has 164 valence electrons. The van der Waals surface area contributed by atoms with Crippen molar-refractivity contribution < 1.29 is 9.18 Å². The van der Waals surface area contributed by atoms with E-state index in [1.165, 1.54) is 12.1 Å². The summed E-state index contributed by atoms with van der Waals surface area (Å²) in [6.45, 7) is 4.20. The molecular weight excluding hydrogens is 415 g/mol. The van der Waals surface area contributed by atoms with Crippen LogP contribution in [0.4, 0.5) is 10.3 Å². The molecule has 1 aliphatic carbocycles. The number of carbonyl (C=O) groups is 1. The average molecular weight is 439 g/mol. The molecule has 1 unspecified atom stereocenters. The number of fused-ring (bicyclic) bond motifs is 2. The SMILES string of the molecule is CC1(C)CC(=O)C2=C(C1)Nc1nc(-c3cccc4ccccc34)nn1C2c1ccc(F)cc1. The van der Waals surface area contributed by atoms with Crippen molar-refractivity contribution in [2.24, 2.45) is 5.41 Å². The third-order valence-electron chi connectivity index (χ3n) is 6.55. The molecule has 3 aromatic carbocycles. The number of aromatic nitrogens is 3. The lowest BCUT2D eigenvalue weighted by Gasteiger charge is -2.38. The first-order valence-electron chi connectivity index (χ1n) is 11.1. The van der Waals surface area contributed by atoms with Gasteiger partial charge < -0.3 is 5.32 Å². The van der Waals surface area contributed by atoms with Gasteiger partial charge in [0.05, 0.1) is 0 Å². The summed E-state index contributed by atoms with van der Waals surface area (Å²) >= 11 is 0. The maximum absolute atomic E-state index is 13.7. The van der Waals surface area contributed by atoms with Gasteiger partial charge in [-0.3, -0.25) is 4.79 Å². The molecule has 1 atom stereocenters. The van der Waals surface area contributed by atoms with Gasteiger partial charge >= 0.3 is 0 Å². The summed E-state index contributed by atoms with van der Waals surface area (Å²) < 4.78 is 15.5. The van der Waals surface area contributed by atoms with Gasteiger partial charge in [0.25, 0.3) is 0 Å². The van der Waals surface area contributed by atoms with Crippen molar-refractivity contribution in [3.05, 3.63) is 89.4 Å². The van der Waals surface area contributed by atoms with Crippen molar-refractivity contribution in [2.75, 3.05) is 5.32 Å². The van der Waals surface area contributed by atoms with Crippen LogP contribution in [0.15, 0.2) is 78.0 Å². The number of ketones is 1. The molecule has 1 aliphatic heterocycles. The summed E-state index contributed by atoms with van der Waals surface area (Å²) in [6, 6.07) is 20.1. The van der Waals surface area contributed by atoms with Crippen molar-refractivity contribution in [1.29, 1.82) is 0 Å². The van der Waals surface area contributed by atoms with Crippen molar-refractivity contribution >= 4 is 22.5 Å². The smallest absolute Gasteiger partial charge is 0.226 e. The number of halogens is 1. The fourth-order valence-corrected chi connectivity index (χ4v) is 5.10. The highest BCUT2D eigenvalue weighted by Gasteiger charge is 2.42. The standard InChI is InChI=1S/C27H23FN4O/c1-27(2)14-21-23(22(33)15-27)24(17-10-12-18(28)13-11-17)32-26(29-21)30-25(31-32)20-9-5-7-16-6-3-4-8-19(16)20/h3-13,24H,14-15H2,1-2H3,(H,29,30,31). The van der Waals surface area contributed by atoms with Gasteiger partial charge in [0.1, 0.15) is 11.9 Å². The topological polar surface area (TPSA) is 59.8 Å². The Balaban J connectivity index is 1.55. The van der Waals surface area contributed by atoms with Crippen LogP contribution >= 0.6 is 0 Å². The second-order valence-electron chi connectivity index (χ2n) is 9.64. The molecule has 0 saturated carbocycles. The molecule has 0 fully saturated rings. The van der Waals surface area contributed by atoms with E-state index >= 15 is 0 Å². The first-order valence-corrected chi connectivity index (χ1v) is 11.1. The molecule has 0 bridgehead atoms. The Hall–Kier alpha value is -3.80. The summed E-state index contributed by atoms with van der Waals surface area (Å²) in [5, 5.41) is 10.5. The quantitative estimate of drug-likeness (QED) is 0.424. The average Bonchev–Trinajstić information content (AvgIpc) is 3.20. The molecule has 2 heterocycles. The molecule has 4 aromatic rings. The van der Waals surface area contributed by atoms with Crippen molar-refractivity contribution in [3.8, 4) is 11.4 Å². The minimum Gasteiger partial charge on any atom is -0.328 e. The highest BCUT2D eigenvalue weighted by molar-refractivity contribution is 6.00. The molecule has 1 N–H and O–H groups in total. The third kappa shape index (κ3) is 3.25. The number of benzene rings is 3. The molecule has 33 heavy (non-hydrogen) atoms. The molecule has 0 amide bonds. The zero-order chi connectivity index (χ0) is 22.7. The third-order valence-corrected chi connectivity index (χ3v) is 6.55. The van der Waals surface area contributed by atoms with Gasteiger partial charge in [-0.25, -0.2) is 9.07 Å². The molecule has 0 saturated heterocycles. The molecule has 1 aromatic heterocycles. The van der Waals surface area contributed by atoms with E-state index in [9.17, 15) is 9.18 Å². The lowest BCUT2D eigenvalue weighted by molar-refractivity contribution is -0.118. The first kappa shape index (κ1) is 19.9. The number of allylic oxidation sites excluding steroid dienone is 2. The Morgan fingerprint density at radius 1 is 1.00 bits per heavy atom. The van der Waals surface area contributed by atoms with E-state index < -0.39 is 6.04 Å². The molecular formula is C27H23FN4O. The highest BCUT2D eigenvalue weighted by Crippen LogP contribution is 2.45. The number of Topliss-reactive ketones (excluding diaryl/α,β-unsaturated/α-hetero) is 1. The van der Waals surface area contributed by atoms with Crippen LogP contribution in [-0.2, 0) is 4.79 Å². The van der Waals surface area contributed by atoms with Crippen molar-refractivity contribution in [1.82, 2.24) is 14.8 Å². The van der Waals surface area contributed by atoms with Crippen LogP contribution in [-0.4, -0.2) is 20.5 Å². The number of hydrogen-bond acceptors (Lipinski definition) is 4. The lowest BCUT2D eigenvalue weighted by atomic mass is 9.73. The number of anilines is 1. The zero-order valence-electron chi connectivity index (χ0n) is 18.5. The van der Waals surface area contributed by atoms with Gasteiger partial charge in [-0.15, -0.1) is 5.10 Å². The van der Waals surface area contributed by atoms with Crippen LogP contribution in [0, 0.1) is 11.2 Å². The van der Waals surface area contributed by atoms with Crippen molar-refractivity contribution in [2.45, 2.75) is 32.7 Å². The van der Waals surface area contributed by atoms with Crippen LogP contribution in [0.3, 0.4) is 0 Å². The van der Waals surface area contributed by atoms with Gasteiger partial charge in [0.2, 0.25) is 5.95 Å². The van der Waals surface area contributed by atoms with E-state index in [0.29, 0.717) is 23.8 Å². The van der Waals surface area contributed by atoms with Gasteiger partial charge in [0, 0.05) is 23.3 Å². The maximum atomic E-state index is 13.7. The van der Waals surface area contributed by atoms with E-state index in [1.807, 2.05) is 24.3 Å². The van der Waals surface area contributed by atoms with E-state index in [4.69, 9.17) is 10.1 Å². The Morgan fingerprint density at radius 3 is 2.58 bits per heavy atom. The summed E-state index contributed by atoms with van der Waals surface area (Å²) in [7, 11) is 0. The lowest BCUT2D eigenvalue weighted by Crippen LogP contribution is -2.36. The summed E-state index contributed by atoms with van der Waals surface area (Å²) in [4.78, 5) is 18.2. The van der Waals surface area contributed by atoms with Gasteiger partial charge in [-0.2, -0.15) is 4.98 Å². The van der Waals surface area contributed by atoms with Gasteiger partial charge in [-0.1, -0.05) is 68.4 Å². The number of carbonyl (C=O) groups excluding carboxylic acids is 1. The predicted molar refractivity (Wildman–Crippen MR) is 126 cm³/mol. The molecule has 0 radical (unpaired) electrons. The number of hydrogen-bond donors (Lipinski definition) is 1. The maximum Gasteiger partial charge on any atom is 0.226 e. The minimum absolute atomic E-state index is 0.0935. The van der Waals surface area contributed by atoms with E-state index in [0.717, 1.165) is 34.0 Å². The molecule has 2 aliphatic rings. The van der Waals surface area contributed by atoms with E-state index in [-0.39, 0.29) is 17.0 Å². The Kier molecular flexibility index (Phi) is 4.27. The summed E-state index contributed by atoms with van der Waals surface area (Å²) in [5.74, 6) is 0.966. The number of nitrogens with zero attached hydrogens (tertiary/aromatic N) is 3. The van der Waals surface area contributed by atoms with E-state index in [2.05, 4.69) is 37.4 Å². The fraction of sp³-hybridized carbons (Fsp3) is 0.222. The van der Waals surface area contributed by atoms with E-state index in [1.54, 1.807) is 16.8 Å². The highest BCUT2D eigenvalue weighted by atomic mass is 19.1. The minimum atomic E-state index is -0.448. The number of nitrogens with one attached hydrogen (secondary N) is 1. The van der Waals surface area contributed by atoms with Crippen LogP contribution in [0.5, 0.6) is 0 Å². The van der Waals surface area contributed by atoms with Crippen LogP contribution < -0.4 is 5.32 Å². The Bertz CT molecular complexity index is 1440. The Labute approximate surface area is 191 Å². The summed E-state index contributed by atoms with van der Waals surface area (Å²) in [5.41, 5.74) is 3.18. The van der Waals surface area contributed by atoms with Gasteiger partial charge in [-0.05, 0) is 40.3 Å². The monoisotopic (exact) mass is 438 g/mol. The number of rotatable bonds is 2. The molecule has 6 rings (SSSR count). The van der Waals surface area contributed by atoms with Crippen molar-refractivity contribution in [3.63, 3.8) is 0 Å². The second-order valence-corrected chi connectivity index (χ2v) is 9.64. The van der Waals surface area contributed by atoms with Crippen LogP contribution in [0.25, 0.3) is 22.2 Å². The fourth-order valence-electron chi connectivity index (χ4n) is 5.10. The Morgan fingerprint density at radius 2 is 1.76 bits per heavy atom. The molecule has 6 heteroatoms. The van der Waals surface area contributed by atoms with Crippen LogP contribution in [0.1, 0.15) is 38.3 Å². The second kappa shape index (κ2) is 7.10. The predicted octanol–water partition coefficient (Wildman–Crippen LogP) is 5.90. The molecule has 5 nitrogen and oxygen atoms in total. The summed E-state index contributed by atoms with van der Waals surface area (Å²) in [6.07, 6.45) is 1.20. The molecule has 0 spiro atoms. The normalized spacial score (nSPS) is 19.2. The zero-order valence-corrected chi connectivity index (χ0v) is 18.5. The van der Waals surface area contributed by atoms with Gasteiger partial charge in [0.15, 0.2) is 11.6 Å². The first-order chi connectivity index (χ1) is 15.9. The van der Waals surface area contributed by atoms with Crippen LogP contribution in [0.2, 0.25) is 0 Å².